The smallest absolute Gasteiger partial charge is 0.416 e. The van der Waals surface area contributed by atoms with Crippen LogP contribution in [0.1, 0.15) is 5.56 Å². The van der Waals surface area contributed by atoms with E-state index in [1.54, 1.807) is 24.3 Å². The minimum absolute atomic E-state index is 0.0273. The van der Waals surface area contributed by atoms with Gasteiger partial charge < -0.3 is 14.8 Å². The second kappa shape index (κ2) is 6.31. The molecule has 1 aliphatic heterocycles. The van der Waals surface area contributed by atoms with Gasteiger partial charge >= 0.3 is 12.2 Å². The zero-order valence-electron chi connectivity index (χ0n) is 12.3. The fourth-order valence-corrected chi connectivity index (χ4v) is 2.18. The lowest BCUT2D eigenvalue weighted by Crippen LogP contribution is -2.46. The van der Waals surface area contributed by atoms with Crippen LogP contribution in [0.15, 0.2) is 48.5 Å². The minimum Gasteiger partial charge on any atom is -0.484 e. The summed E-state index contributed by atoms with van der Waals surface area (Å²) in [6, 6.07) is 10.6. The molecule has 2 aromatic rings. The molecule has 0 fully saturated rings. The first kappa shape index (κ1) is 16.0. The number of alkyl halides is 3. The van der Waals surface area contributed by atoms with E-state index in [4.69, 9.17) is 9.47 Å². The molecule has 5 nitrogen and oxygen atoms in total. The second-order valence-corrected chi connectivity index (χ2v) is 5.04. The Bertz CT molecular complexity index is 749. The van der Waals surface area contributed by atoms with Crippen molar-refractivity contribution in [2.24, 2.45) is 0 Å². The van der Waals surface area contributed by atoms with Gasteiger partial charge in [-0.05, 0) is 30.3 Å². The maximum Gasteiger partial charge on any atom is 0.416 e. The van der Waals surface area contributed by atoms with Gasteiger partial charge in [-0.25, -0.2) is 4.79 Å². The predicted octanol–water partition coefficient (Wildman–Crippen LogP) is 3.62. The number of ether oxygens (including phenoxy) is 2. The molecular formula is C16H13F3N2O3. The molecule has 0 aliphatic carbocycles. The van der Waals surface area contributed by atoms with Gasteiger partial charge in [-0.2, -0.15) is 13.2 Å². The third kappa shape index (κ3) is 3.70. The standard InChI is InChI=1S/C16H13F3N2O3/c17-16(18,19)10-4-3-5-11(8-10)20-15(22)21-14-9-23-12-6-1-2-7-13(12)24-14/h1-8,14H,9H2,(H2,20,21,22). The van der Waals surface area contributed by atoms with E-state index >= 15 is 0 Å². The number of carbonyl (C=O) groups is 1. The van der Waals surface area contributed by atoms with Crippen LogP contribution in [0.2, 0.25) is 0 Å². The topological polar surface area (TPSA) is 59.6 Å². The summed E-state index contributed by atoms with van der Waals surface area (Å²) in [5, 5.41) is 4.83. The number of halogens is 3. The average Bonchev–Trinajstić information content (AvgIpc) is 2.54. The molecule has 0 saturated carbocycles. The fraction of sp³-hybridized carbons (Fsp3) is 0.188. The van der Waals surface area contributed by atoms with Crippen molar-refractivity contribution in [1.82, 2.24) is 5.32 Å². The van der Waals surface area contributed by atoms with E-state index in [1.807, 2.05) is 0 Å². The van der Waals surface area contributed by atoms with E-state index in [0.29, 0.717) is 11.5 Å². The van der Waals surface area contributed by atoms with Crippen LogP contribution >= 0.6 is 0 Å². The zero-order chi connectivity index (χ0) is 17.2. The summed E-state index contributed by atoms with van der Waals surface area (Å²) in [4.78, 5) is 11.9. The third-order valence-electron chi connectivity index (χ3n) is 3.25. The number of fused-ring (bicyclic) bond motifs is 1. The highest BCUT2D eigenvalue weighted by atomic mass is 19.4. The Labute approximate surface area is 135 Å². The minimum atomic E-state index is -4.47. The van der Waals surface area contributed by atoms with E-state index in [-0.39, 0.29) is 12.3 Å². The van der Waals surface area contributed by atoms with Gasteiger partial charge in [-0.1, -0.05) is 18.2 Å². The van der Waals surface area contributed by atoms with Crippen molar-refractivity contribution >= 4 is 11.7 Å². The highest BCUT2D eigenvalue weighted by molar-refractivity contribution is 5.89. The predicted molar refractivity (Wildman–Crippen MR) is 80.0 cm³/mol. The van der Waals surface area contributed by atoms with Gasteiger partial charge in [0.05, 0.1) is 5.56 Å². The number of urea groups is 1. The normalized spacial score (nSPS) is 16.4. The quantitative estimate of drug-likeness (QED) is 0.879. The molecule has 24 heavy (non-hydrogen) atoms. The molecule has 1 atom stereocenters. The molecule has 0 spiro atoms. The number of benzene rings is 2. The van der Waals surface area contributed by atoms with Crippen molar-refractivity contribution in [2.75, 3.05) is 11.9 Å². The SMILES string of the molecule is O=C(Nc1cccc(C(F)(F)F)c1)NC1COc2ccccc2O1. The lowest BCUT2D eigenvalue weighted by atomic mass is 10.2. The van der Waals surface area contributed by atoms with E-state index in [1.165, 1.54) is 12.1 Å². The van der Waals surface area contributed by atoms with E-state index in [2.05, 4.69) is 10.6 Å². The van der Waals surface area contributed by atoms with Gasteiger partial charge in [0.1, 0.15) is 6.61 Å². The summed E-state index contributed by atoms with van der Waals surface area (Å²) in [5.41, 5.74) is -0.814. The highest BCUT2D eigenvalue weighted by Gasteiger charge is 2.30. The summed E-state index contributed by atoms with van der Waals surface area (Å²) in [6.07, 6.45) is -5.22. The van der Waals surface area contributed by atoms with Crippen LogP contribution in [0, 0.1) is 0 Å². The monoisotopic (exact) mass is 338 g/mol. The molecule has 2 amide bonds. The van der Waals surface area contributed by atoms with Crippen LogP contribution in [0.3, 0.4) is 0 Å². The number of hydrogen-bond donors (Lipinski definition) is 2. The van der Waals surface area contributed by atoms with E-state index in [0.717, 1.165) is 12.1 Å². The van der Waals surface area contributed by atoms with Gasteiger partial charge in [0, 0.05) is 5.69 Å². The van der Waals surface area contributed by atoms with Gasteiger partial charge in [-0.15, -0.1) is 0 Å². The number of nitrogens with one attached hydrogen (secondary N) is 2. The first-order valence-electron chi connectivity index (χ1n) is 7.05. The lowest BCUT2D eigenvalue weighted by molar-refractivity contribution is -0.137. The maximum absolute atomic E-state index is 12.7. The van der Waals surface area contributed by atoms with Crippen LogP contribution in [0.4, 0.5) is 23.7 Å². The Balaban J connectivity index is 1.61. The molecule has 1 aliphatic rings. The van der Waals surface area contributed by atoms with Gasteiger partial charge in [0.2, 0.25) is 6.23 Å². The van der Waals surface area contributed by atoms with Crippen LogP contribution in [0.25, 0.3) is 0 Å². The van der Waals surface area contributed by atoms with Gasteiger partial charge in [0.25, 0.3) is 0 Å². The Kier molecular flexibility index (Phi) is 4.20. The van der Waals surface area contributed by atoms with Gasteiger partial charge in [0.15, 0.2) is 11.5 Å². The molecule has 0 radical (unpaired) electrons. The summed E-state index contributed by atoms with van der Waals surface area (Å²) < 4.78 is 48.9. The van der Waals surface area contributed by atoms with Crippen LogP contribution in [-0.4, -0.2) is 18.9 Å². The van der Waals surface area contributed by atoms with Crippen molar-refractivity contribution in [3.8, 4) is 11.5 Å². The molecule has 3 rings (SSSR count). The Hall–Kier alpha value is -2.90. The van der Waals surface area contributed by atoms with Crippen LogP contribution in [-0.2, 0) is 6.18 Å². The third-order valence-corrected chi connectivity index (χ3v) is 3.25. The number of carbonyl (C=O) groups excluding carboxylic acids is 1. The zero-order valence-corrected chi connectivity index (χ0v) is 12.3. The molecule has 0 bridgehead atoms. The molecule has 1 unspecified atom stereocenters. The van der Waals surface area contributed by atoms with Crippen molar-refractivity contribution in [1.29, 1.82) is 0 Å². The maximum atomic E-state index is 12.7. The molecule has 2 aromatic carbocycles. The summed E-state index contributed by atoms with van der Waals surface area (Å²) in [5.74, 6) is 1.04. The fourth-order valence-electron chi connectivity index (χ4n) is 2.18. The summed E-state index contributed by atoms with van der Waals surface area (Å²) in [6.45, 7) is 0.0903. The first-order valence-corrected chi connectivity index (χ1v) is 7.05. The Morgan fingerprint density at radius 1 is 1.08 bits per heavy atom. The number of anilines is 1. The number of para-hydroxylation sites is 2. The molecule has 2 N–H and O–H groups in total. The number of hydrogen-bond acceptors (Lipinski definition) is 3. The van der Waals surface area contributed by atoms with Crippen molar-refractivity contribution in [3.05, 3.63) is 54.1 Å². The lowest BCUT2D eigenvalue weighted by Gasteiger charge is -2.26. The largest absolute Gasteiger partial charge is 0.484 e. The number of amides is 2. The molecule has 1 heterocycles. The van der Waals surface area contributed by atoms with Crippen molar-refractivity contribution in [3.63, 3.8) is 0 Å². The van der Waals surface area contributed by atoms with E-state index < -0.39 is 24.0 Å². The van der Waals surface area contributed by atoms with Crippen LogP contribution in [0.5, 0.6) is 11.5 Å². The first-order chi connectivity index (χ1) is 11.4. The van der Waals surface area contributed by atoms with Crippen LogP contribution < -0.4 is 20.1 Å². The van der Waals surface area contributed by atoms with E-state index in [9.17, 15) is 18.0 Å². The average molecular weight is 338 g/mol. The summed E-state index contributed by atoms with van der Waals surface area (Å²) >= 11 is 0. The number of rotatable bonds is 2. The Morgan fingerprint density at radius 2 is 1.83 bits per heavy atom. The molecule has 8 heteroatoms. The van der Waals surface area contributed by atoms with Crippen molar-refractivity contribution < 1.29 is 27.4 Å². The Morgan fingerprint density at radius 3 is 2.58 bits per heavy atom. The van der Waals surface area contributed by atoms with Gasteiger partial charge in [-0.3, -0.25) is 5.32 Å². The van der Waals surface area contributed by atoms with Crippen molar-refractivity contribution in [2.45, 2.75) is 12.4 Å². The molecular weight excluding hydrogens is 325 g/mol. The summed E-state index contributed by atoms with van der Waals surface area (Å²) in [7, 11) is 0. The highest BCUT2D eigenvalue weighted by Crippen LogP contribution is 2.31. The molecule has 126 valence electrons. The molecule has 0 saturated heterocycles. The second-order valence-electron chi connectivity index (χ2n) is 5.04. The molecule has 0 aromatic heterocycles.